The van der Waals surface area contributed by atoms with Gasteiger partial charge in [-0.1, -0.05) is 298 Å². The number of unbranched alkanes of at least 4 members (excludes halogenated alkanes) is 33. The molecule has 6 heteroatoms. The Hall–Kier alpha value is -3.41. The van der Waals surface area contributed by atoms with Crippen LogP contribution in [0.25, 0.3) is 0 Å². The highest BCUT2D eigenvalue weighted by Crippen LogP contribution is 2.17. The molecule has 0 N–H and O–H groups in total. The van der Waals surface area contributed by atoms with Gasteiger partial charge in [-0.25, -0.2) is 0 Å². The number of rotatable bonds is 57. The summed E-state index contributed by atoms with van der Waals surface area (Å²) in [6, 6.07) is 0. The fourth-order valence-electron chi connectivity index (χ4n) is 8.96. The van der Waals surface area contributed by atoms with Crippen molar-refractivity contribution in [2.24, 2.45) is 0 Å². The van der Waals surface area contributed by atoms with Crippen LogP contribution in [-0.2, 0) is 28.6 Å². The highest BCUT2D eigenvalue weighted by Gasteiger charge is 2.19. The summed E-state index contributed by atoms with van der Waals surface area (Å²) in [5.41, 5.74) is 0. The monoisotopic (exact) mass is 1030 g/mol. The molecule has 1 atom stereocenters. The standard InChI is InChI=1S/C68H118O6/c1-4-7-10-13-16-19-22-25-28-30-32-34-36-37-40-43-46-49-52-55-58-61-67(70)73-64-65(63-72-66(69)60-57-54-51-48-45-42-39-27-24-21-18-15-12-9-6-3)74-68(71)62-59-56-53-50-47-44-41-38-35-33-31-29-26-23-20-17-14-11-8-5-2/h9,12,18,21-22,25,27,30,32,39,45,48,54,57,65H,4-8,10-11,13-17,19-20,23-24,26,28-29,31,33-38,40-44,46-47,49-53,55-56,58-64H2,1-3H3/b12-9-,21-18-,25-22-,32-30-,39-27-,48-45-,57-54-. The maximum Gasteiger partial charge on any atom is 0.309 e. The van der Waals surface area contributed by atoms with E-state index < -0.39 is 12.1 Å². The van der Waals surface area contributed by atoms with Crippen molar-refractivity contribution in [3.8, 4) is 0 Å². The zero-order valence-corrected chi connectivity index (χ0v) is 48.8. The Morgan fingerprint density at radius 3 is 0.946 bits per heavy atom. The molecule has 0 aromatic carbocycles. The largest absolute Gasteiger partial charge is 0.462 e. The molecule has 0 spiro atoms. The first kappa shape index (κ1) is 70.6. The molecule has 0 saturated carbocycles. The van der Waals surface area contributed by atoms with E-state index in [-0.39, 0.29) is 31.6 Å². The Balaban J connectivity index is 4.42. The van der Waals surface area contributed by atoms with Gasteiger partial charge in [0.1, 0.15) is 13.2 Å². The predicted octanol–water partition coefficient (Wildman–Crippen LogP) is 21.5. The normalized spacial score (nSPS) is 12.6. The second kappa shape index (κ2) is 62.1. The van der Waals surface area contributed by atoms with E-state index in [1.54, 1.807) is 6.08 Å². The molecule has 0 saturated heterocycles. The fourth-order valence-corrected chi connectivity index (χ4v) is 8.96. The average Bonchev–Trinajstić information content (AvgIpc) is 3.40. The van der Waals surface area contributed by atoms with Crippen LogP contribution in [0.5, 0.6) is 0 Å². The molecule has 74 heavy (non-hydrogen) atoms. The first-order valence-electron chi connectivity index (χ1n) is 31.6. The van der Waals surface area contributed by atoms with E-state index in [2.05, 4.69) is 93.7 Å². The molecule has 0 aromatic heterocycles. The SMILES string of the molecule is CC/C=C\C/C=C\C/C=C\C/C=C\C/C=C\CC(=O)OCC(COC(=O)CCCCCCCCCCC/C=C\C/C=C\CCCCCCC)OC(=O)CCCCCCCCCCCCCCCCCCCCCC. The van der Waals surface area contributed by atoms with Gasteiger partial charge < -0.3 is 14.2 Å². The van der Waals surface area contributed by atoms with Gasteiger partial charge in [0.15, 0.2) is 6.10 Å². The summed E-state index contributed by atoms with van der Waals surface area (Å²) in [5.74, 6) is -1.03. The van der Waals surface area contributed by atoms with Gasteiger partial charge in [0, 0.05) is 12.8 Å². The van der Waals surface area contributed by atoms with Gasteiger partial charge >= 0.3 is 17.9 Å². The van der Waals surface area contributed by atoms with E-state index in [0.717, 1.165) is 77.0 Å². The molecule has 0 aliphatic heterocycles. The van der Waals surface area contributed by atoms with Crippen LogP contribution in [0.3, 0.4) is 0 Å². The highest BCUT2D eigenvalue weighted by atomic mass is 16.6. The summed E-state index contributed by atoms with van der Waals surface area (Å²) < 4.78 is 16.8. The minimum atomic E-state index is -0.818. The number of hydrogen-bond donors (Lipinski definition) is 0. The molecular weight excluding hydrogens is 913 g/mol. The molecule has 0 amide bonds. The first-order valence-corrected chi connectivity index (χ1v) is 31.6. The molecule has 6 nitrogen and oxygen atoms in total. The van der Waals surface area contributed by atoms with E-state index in [1.807, 2.05) is 6.08 Å². The van der Waals surface area contributed by atoms with Crippen molar-refractivity contribution in [1.29, 1.82) is 0 Å². The van der Waals surface area contributed by atoms with Crippen LogP contribution in [0.2, 0.25) is 0 Å². The van der Waals surface area contributed by atoms with Crippen molar-refractivity contribution in [1.82, 2.24) is 0 Å². The van der Waals surface area contributed by atoms with Crippen molar-refractivity contribution in [3.63, 3.8) is 0 Å². The molecule has 0 aromatic rings. The molecule has 0 fully saturated rings. The van der Waals surface area contributed by atoms with E-state index in [0.29, 0.717) is 12.8 Å². The Labute approximate surface area is 458 Å². The smallest absolute Gasteiger partial charge is 0.309 e. The number of carbonyl (C=O) groups excluding carboxylic acids is 3. The van der Waals surface area contributed by atoms with Crippen LogP contribution in [-0.4, -0.2) is 37.2 Å². The molecular formula is C68H118O6. The number of carbonyl (C=O) groups is 3. The summed E-state index contributed by atoms with van der Waals surface area (Å²) in [6.45, 7) is 6.46. The zero-order valence-electron chi connectivity index (χ0n) is 48.8. The minimum Gasteiger partial charge on any atom is -0.462 e. The summed E-state index contributed by atoms with van der Waals surface area (Å²) in [6.07, 6.45) is 81.9. The van der Waals surface area contributed by atoms with E-state index >= 15 is 0 Å². The Bertz CT molecular complexity index is 1420. The van der Waals surface area contributed by atoms with Crippen molar-refractivity contribution in [3.05, 3.63) is 85.1 Å². The third kappa shape index (κ3) is 59.5. The summed E-state index contributed by atoms with van der Waals surface area (Å²) in [7, 11) is 0. The van der Waals surface area contributed by atoms with Crippen LogP contribution >= 0.6 is 0 Å². The van der Waals surface area contributed by atoms with Gasteiger partial charge in [0.05, 0.1) is 6.42 Å². The van der Waals surface area contributed by atoms with Crippen molar-refractivity contribution in [2.45, 2.75) is 316 Å². The molecule has 0 bridgehead atoms. The Morgan fingerprint density at radius 1 is 0.297 bits per heavy atom. The lowest BCUT2D eigenvalue weighted by Gasteiger charge is -2.18. The van der Waals surface area contributed by atoms with Crippen LogP contribution < -0.4 is 0 Å². The second-order valence-electron chi connectivity index (χ2n) is 21.0. The van der Waals surface area contributed by atoms with Gasteiger partial charge in [-0.05, 0) is 77.0 Å². The van der Waals surface area contributed by atoms with E-state index in [4.69, 9.17) is 14.2 Å². The number of hydrogen-bond acceptors (Lipinski definition) is 6. The lowest BCUT2D eigenvalue weighted by molar-refractivity contribution is -0.166. The van der Waals surface area contributed by atoms with Gasteiger partial charge in [0.25, 0.3) is 0 Å². The average molecular weight is 1030 g/mol. The zero-order chi connectivity index (χ0) is 53.6. The fraction of sp³-hybridized carbons (Fsp3) is 0.750. The van der Waals surface area contributed by atoms with E-state index in [9.17, 15) is 14.4 Å². The van der Waals surface area contributed by atoms with Crippen molar-refractivity contribution >= 4 is 17.9 Å². The maximum atomic E-state index is 12.9. The van der Waals surface area contributed by atoms with E-state index in [1.165, 1.54) is 193 Å². The molecule has 426 valence electrons. The number of allylic oxidation sites excluding steroid dienone is 13. The number of ether oxygens (including phenoxy) is 3. The van der Waals surface area contributed by atoms with Crippen LogP contribution in [0.4, 0.5) is 0 Å². The molecule has 0 aliphatic rings. The lowest BCUT2D eigenvalue weighted by atomic mass is 10.0. The Kier molecular flexibility index (Phi) is 59.3. The third-order valence-electron chi connectivity index (χ3n) is 13.7. The molecule has 0 aliphatic carbocycles. The first-order chi connectivity index (χ1) is 36.5. The lowest BCUT2D eigenvalue weighted by Crippen LogP contribution is -2.30. The minimum absolute atomic E-state index is 0.106. The van der Waals surface area contributed by atoms with Gasteiger partial charge in [-0.3, -0.25) is 14.4 Å². The molecule has 0 heterocycles. The van der Waals surface area contributed by atoms with Crippen LogP contribution in [0.15, 0.2) is 85.1 Å². The van der Waals surface area contributed by atoms with Crippen molar-refractivity contribution < 1.29 is 28.6 Å². The van der Waals surface area contributed by atoms with Gasteiger partial charge in [0.2, 0.25) is 0 Å². The summed E-state index contributed by atoms with van der Waals surface area (Å²) >= 11 is 0. The quantitative estimate of drug-likeness (QED) is 0.0261. The van der Waals surface area contributed by atoms with Crippen molar-refractivity contribution in [2.75, 3.05) is 13.2 Å². The molecule has 1 unspecified atom stereocenters. The molecule has 0 rings (SSSR count). The topological polar surface area (TPSA) is 78.9 Å². The molecule has 0 radical (unpaired) electrons. The number of esters is 3. The highest BCUT2D eigenvalue weighted by molar-refractivity contribution is 5.72. The maximum absolute atomic E-state index is 12.9. The third-order valence-corrected chi connectivity index (χ3v) is 13.7. The second-order valence-corrected chi connectivity index (χ2v) is 21.0. The van der Waals surface area contributed by atoms with Gasteiger partial charge in [-0.15, -0.1) is 0 Å². The van der Waals surface area contributed by atoms with Gasteiger partial charge in [-0.2, -0.15) is 0 Å². The Morgan fingerprint density at radius 2 is 0.581 bits per heavy atom. The van der Waals surface area contributed by atoms with Crippen LogP contribution in [0, 0.1) is 0 Å². The predicted molar refractivity (Wildman–Crippen MR) is 321 cm³/mol. The van der Waals surface area contributed by atoms with Crippen LogP contribution in [0.1, 0.15) is 310 Å². The summed E-state index contributed by atoms with van der Waals surface area (Å²) in [5, 5.41) is 0. The summed E-state index contributed by atoms with van der Waals surface area (Å²) in [4.78, 5) is 38.2.